The molecule has 2 heterocycles. The summed E-state index contributed by atoms with van der Waals surface area (Å²) in [6, 6.07) is 0. The minimum absolute atomic E-state index is 0.176. The molecule has 2 fully saturated rings. The second-order valence-electron chi connectivity index (χ2n) is 3.24. The number of hydrogen-bond donors (Lipinski definition) is 0. The predicted octanol–water partition coefficient (Wildman–Crippen LogP) is 0.537. The van der Waals surface area contributed by atoms with Crippen molar-refractivity contribution < 1.29 is 14.2 Å². The van der Waals surface area contributed by atoms with Gasteiger partial charge in [0, 0.05) is 0 Å². The molecule has 0 bridgehead atoms. The van der Waals surface area contributed by atoms with E-state index in [4.69, 9.17) is 14.2 Å². The van der Waals surface area contributed by atoms with Crippen LogP contribution < -0.4 is 0 Å². The van der Waals surface area contributed by atoms with Crippen molar-refractivity contribution in [1.82, 2.24) is 0 Å². The van der Waals surface area contributed by atoms with E-state index < -0.39 is 5.79 Å². The van der Waals surface area contributed by atoms with Gasteiger partial charge in [-0.3, -0.25) is 0 Å². The van der Waals surface area contributed by atoms with Crippen LogP contribution in [0, 0.1) is 0 Å². The first kappa shape index (κ1) is 6.58. The first-order valence-corrected chi connectivity index (χ1v) is 3.61. The van der Waals surface area contributed by atoms with Crippen LogP contribution in [0.2, 0.25) is 0 Å². The fourth-order valence-electron chi connectivity index (χ4n) is 1.17. The highest BCUT2D eigenvalue weighted by Gasteiger charge is 2.43. The molecule has 0 amide bonds. The Morgan fingerprint density at radius 1 is 1.20 bits per heavy atom. The Kier molecular flexibility index (Phi) is 1.27. The molecule has 0 N–H and O–H groups in total. The standard InChI is InChI=1S/C7H12O3/c1-7(2)9-4-6(10-7)5-3-8-5/h5-6H,3-4H2,1-2H3/t5?,6-/m0/s1. The molecule has 2 atom stereocenters. The number of epoxide rings is 1. The maximum Gasteiger partial charge on any atom is 0.163 e. The number of hydrogen-bond acceptors (Lipinski definition) is 3. The third kappa shape index (κ3) is 1.17. The van der Waals surface area contributed by atoms with E-state index in [1.165, 1.54) is 0 Å². The minimum atomic E-state index is -0.392. The second-order valence-corrected chi connectivity index (χ2v) is 3.24. The molecule has 0 aromatic carbocycles. The van der Waals surface area contributed by atoms with Gasteiger partial charge in [0.25, 0.3) is 0 Å². The highest BCUT2D eigenvalue weighted by Crippen LogP contribution is 2.29. The molecule has 58 valence electrons. The molecule has 10 heavy (non-hydrogen) atoms. The van der Waals surface area contributed by atoms with Gasteiger partial charge in [-0.1, -0.05) is 0 Å². The highest BCUT2D eigenvalue weighted by molar-refractivity contribution is 4.84. The van der Waals surface area contributed by atoms with Crippen molar-refractivity contribution in [3.8, 4) is 0 Å². The van der Waals surface area contributed by atoms with Crippen LogP contribution in [0.3, 0.4) is 0 Å². The Morgan fingerprint density at radius 3 is 2.30 bits per heavy atom. The second kappa shape index (κ2) is 1.94. The minimum Gasteiger partial charge on any atom is -0.370 e. The van der Waals surface area contributed by atoms with E-state index in [9.17, 15) is 0 Å². The molecule has 2 saturated heterocycles. The summed E-state index contributed by atoms with van der Waals surface area (Å²) < 4.78 is 16.0. The van der Waals surface area contributed by atoms with Gasteiger partial charge in [0.15, 0.2) is 5.79 Å². The quantitative estimate of drug-likeness (QED) is 0.503. The van der Waals surface area contributed by atoms with E-state index >= 15 is 0 Å². The zero-order valence-electron chi connectivity index (χ0n) is 6.29. The van der Waals surface area contributed by atoms with Crippen LogP contribution >= 0.6 is 0 Å². The monoisotopic (exact) mass is 144 g/mol. The third-order valence-corrected chi connectivity index (χ3v) is 1.80. The zero-order valence-corrected chi connectivity index (χ0v) is 6.29. The maximum absolute atomic E-state index is 5.53. The lowest BCUT2D eigenvalue weighted by Gasteiger charge is -2.15. The van der Waals surface area contributed by atoms with Gasteiger partial charge in [-0.2, -0.15) is 0 Å². The average molecular weight is 144 g/mol. The summed E-state index contributed by atoms with van der Waals surface area (Å²) in [6.45, 7) is 5.37. The fraction of sp³-hybridized carbons (Fsp3) is 1.00. The van der Waals surface area contributed by atoms with Crippen LogP contribution in [-0.4, -0.2) is 31.2 Å². The van der Waals surface area contributed by atoms with Gasteiger partial charge in [0.2, 0.25) is 0 Å². The Labute approximate surface area is 60.3 Å². The van der Waals surface area contributed by atoms with Gasteiger partial charge in [0.05, 0.1) is 13.2 Å². The summed E-state index contributed by atoms with van der Waals surface area (Å²) in [6.07, 6.45) is 0.483. The van der Waals surface area contributed by atoms with Crippen molar-refractivity contribution in [3.05, 3.63) is 0 Å². The smallest absolute Gasteiger partial charge is 0.163 e. The summed E-state index contributed by atoms with van der Waals surface area (Å²) in [4.78, 5) is 0. The first-order valence-electron chi connectivity index (χ1n) is 3.61. The Morgan fingerprint density at radius 2 is 1.90 bits per heavy atom. The van der Waals surface area contributed by atoms with Gasteiger partial charge < -0.3 is 14.2 Å². The van der Waals surface area contributed by atoms with Crippen molar-refractivity contribution in [2.45, 2.75) is 31.8 Å². The Bertz CT molecular complexity index is 140. The molecule has 2 aliphatic heterocycles. The molecule has 2 rings (SSSR count). The van der Waals surface area contributed by atoms with Crippen LogP contribution in [0.1, 0.15) is 13.8 Å². The summed E-state index contributed by atoms with van der Waals surface area (Å²) >= 11 is 0. The lowest BCUT2D eigenvalue weighted by Crippen LogP contribution is -2.24. The topological polar surface area (TPSA) is 31.0 Å². The van der Waals surface area contributed by atoms with Crippen molar-refractivity contribution in [3.63, 3.8) is 0 Å². The summed E-state index contributed by atoms with van der Waals surface area (Å²) in [7, 11) is 0. The van der Waals surface area contributed by atoms with Crippen molar-refractivity contribution in [2.75, 3.05) is 13.2 Å². The first-order chi connectivity index (χ1) is 4.67. The molecule has 0 aromatic rings. The van der Waals surface area contributed by atoms with Gasteiger partial charge in [-0.25, -0.2) is 0 Å². The highest BCUT2D eigenvalue weighted by atomic mass is 16.8. The molecule has 0 aliphatic carbocycles. The van der Waals surface area contributed by atoms with Crippen LogP contribution in [0.4, 0.5) is 0 Å². The van der Waals surface area contributed by atoms with Crippen LogP contribution in [-0.2, 0) is 14.2 Å². The van der Waals surface area contributed by atoms with E-state index in [-0.39, 0.29) is 6.10 Å². The summed E-state index contributed by atoms with van der Waals surface area (Å²) in [5.41, 5.74) is 0. The van der Waals surface area contributed by atoms with E-state index in [2.05, 4.69) is 0 Å². The third-order valence-electron chi connectivity index (χ3n) is 1.80. The lowest BCUT2D eigenvalue weighted by atomic mass is 10.3. The summed E-state index contributed by atoms with van der Waals surface area (Å²) in [5, 5.41) is 0. The van der Waals surface area contributed by atoms with E-state index in [1.807, 2.05) is 13.8 Å². The molecule has 2 aliphatic rings. The molecular formula is C7H12O3. The number of rotatable bonds is 1. The van der Waals surface area contributed by atoms with Gasteiger partial charge in [0.1, 0.15) is 12.2 Å². The van der Waals surface area contributed by atoms with E-state index in [0.29, 0.717) is 12.7 Å². The molecular weight excluding hydrogens is 132 g/mol. The lowest BCUT2D eigenvalue weighted by molar-refractivity contribution is -0.140. The zero-order chi connectivity index (χ0) is 7.19. The average Bonchev–Trinajstić information content (AvgIpc) is 2.59. The van der Waals surface area contributed by atoms with Crippen molar-refractivity contribution in [2.24, 2.45) is 0 Å². The summed E-state index contributed by atoms with van der Waals surface area (Å²) in [5.74, 6) is -0.392. The normalized spacial score (nSPS) is 43.8. The molecule has 0 spiro atoms. The Hall–Kier alpha value is -0.120. The molecule has 3 heteroatoms. The largest absolute Gasteiger partial charge is 0.370 e. The predicted molar refractivity (Wildman–Crippen MR) is 34.6 cm³/mol. The van der Waals surface area contributed by atoms with Crippen molar-refractivity contribution >= 4 is 0 Å². The van der Waals surface area contributed by atoms with Gasteiger partial charge in [-0.05, 0) is 13.8 Å². The fourth-order valence-corrected chi connectivity index (χ4v) is 1.17. The SMILES string of the molecule is CC1(C)OC[C@@H](C2CO2)O1. The molecule has 3 nitrogen and oxygen atoms in total. The van der Waals surface area contributed by atoms with Crippen molar-refractivity contribution in [1.29, 1.82) is 0 Å². The van der Waals surface area contributed by atoms with Crippen LogP contribution in [0.25, 0.3) is 0 Å². The van der Waals surface area contributed by atoms with Crippen LogP contribution in [0.5, 0.6) is 0 Å². The molecule has 0 radical (unpaired) electrons. The molecule has 0 aromatic heterocycles. The van der Waals surface area contributed by atoms with Gasteiger partial charge in [-0.15, -0.1) is 0 Å². The van der Waals surface area contributed by atoms with E-state index in [1.54, 1.807) is 0 Å². The van der Waals surface area contributed by atoms with E-state index in [0.717, 1.165) is 6.61 Å². The Balaban J connectivity index is 1.92. The molecule has 1 unspecified atom stereocenters. The van der Waals surface area contributed by atoms with Crippen LogP contribution in [0.15, 0.2) is 0 Å². The maximum atomic E-state index is 5.53. The number of ether oxygens (including phenoxy) is 3. The molecule has 0 saturated carbocycles. The van der Waals surface area contributed by atoms with Gasteiger partial charge >= 0.3 is 0 Å².